The number of phenols is 4. The Morgan fingerprint density at radius 3 is 2.28 bits per heavy atom. The van der Waals surface area contributed by atoms with E-state index in [0.29, 0.717) is 5.39 Å². The fourth-order valence-corrected chi connectivity index (χ4v) is 2.74. The first kappa shape index (κ1) is 11.0. The van der Waals surface area contributed by atoms with Crippen LogP contribution >= 0.6 is 0 Å². The number of hydrogen-bond donors (Lipinski definition) is 4. The summed E-state index contributed by atoms with van der Waals surface area (Å²) in [6.07, 6.45) is 3.67. The van der Waals surface area contributed by atoms with E-state index in [2.05, 4.69) is 0 Å². The zero-order valence-corrected chi connectivity index (χ0v) is 9.77. The number of aromatic hydroxyl groups is 4. The van der Waals surface area contributed by atoms with Crippen molar-refractivity contribution in [3.05, 3.63) is 23.3 Å². The number of benzene rings is 2. The minimum Gasteiger partial charge on any atom is -0.507 e. The Bertz CT molecular complexity index is 646. The van der Waals surface area contributed by atoms with E-state index in [1.54, 1.807) is 6.07 Å². The van der Waals surface area contributed by atoms with Gasteiger partial charge in [0.05, 0.1) is 5.39 Å². The van der Waals surface area contributed by atoms with Gasteiger partial charge >= 0.3 is 0 Å². The molecule has 0 aromatic heterocycles. The lowest BCUT2D eigenvalue weighted by Gasteiger charge is -2.19. The highest BCUT2D eigenvalue weighted by molar-refractivity contribution is 6.00. The minimum absolute atomic E-state index is 0.0231. The van der Waals surface area contributed by atoms with Gasteiger partial charge in [-0.2, -0.15) is 0 Å². The fraction of sp³-hybridized carbons (Fsp3) is 0.286. The van der Waals surface area contributed by atoms with E-state index in [0.717, 1.165) is 42.9 Å². The quantitative estimate of drug-likeness (QED) is 0.425. The molecule has 0 saturated carbocycles. The van der Waals surface area contributed by atoms with Crippen LogP contribution in [0.1, 0.15) is 24.0 Å². The van der Waals surface area contributed by atoms with Crippen LogP contribution in [0.2, 0.25) is 0 Å². The van der Waals surface area contributed by atoms with E-state index in [-0.39, 0.29) is 28.4 Å². The molecule has 4 N–H and O–H groups in total. The molecule has 2 aromatic rings. The number of hydrogen-bond acceptors (Lipinski definition) is 4. The Morgan fingerprint density at radius 2 is 1.50 bits per heavy atom. The molecule has 0 unspecified atom stereocenters. The third-order valence-electron chi connectivity index (χ3n) is 3.65. The van der Waals surface area contributed by atoms with E-state index in [1.807, 2.05) is 0 Å². The predicted molar refractivity (Wildman–Crippen MR) is 67.2 cm³/mol. The zero-order valence-electron chi connectivity index (χ0n) is 9.77. The largest absolute Gasteiger partial charge is 0.507 e. The number of phenolic OH excluding ortho intramolecular Hbond substituents is 4. The molecule has 0 bridgehead atoms. The predicted octanol–water partition coefficient (Wildman–Crippen LogP) is 2.54. The molecule has 0 radical (unpaired) electrons. The van der Waals surface area contributed by atoms with Crippen LogP contribution in [-0.4, -0.2) is 20.4 Å². The van der Waals surface area contributed by atoms with Crippen LogP contribution in [-0.2, 0) is 12.8 Å². The van der Waals surface area contributed by atoms with Gasteiger partial charge in [-0.1, -0.05) is 0 Å². The summed E-state index contributed by atoms with van der Waals surface area (Å²) < 4.78 is 0. The summed E-state index contributed by atoms with van der Waals surface area (Å²) in [7, 11) is 0. The molecular weight excluding hydrogens is 232 g/mol. The van der Waals surface area contributed by atoms with Crippen molar-refractivity contribution >= 4 is 10.8 Å². The van der Waals surface area contributed by atoms with Crippen molar-refractivity contribution in [1.82, 2.24) is 0 Å². The first-order valence-electron chi connectivity index (χ1n) is 6.01. The summed E-state index contributed by atoms with van der Waals surface area (Å²) in [5.74, 6) is -0.872. The van der Waals surface area contributed by atoms with Gasteiger partial charge in [-0.25, -0.2) is 0 Å². The summed E-state index contributed by atoms with van der Waals surface area (Å²) in [6, 6.07) is 2.80. The van der Waals surface area contributed by atoms with E-state index in [4.69, 9.17) is 0 Å². The normalized spacial score (nSPS) is 14.7. The molecule has 0 atom stereocenters. The van der Waals surface area contributed by atoms with E-state index >= 15 is 0 Å². The first-order chi connectivity index (χ1) is 8.59. The third-order valence-corrected chi connectivity index (χ3v) is 3.65. The van der Waals surface area contributed by atoms with E-state index < -0.39 is 0 Å². The summed E-state index contributed by atoms with van der Waals surface area (Å²) in [6.45, 7) is 0. The van der Waals surface area contributed by atoms with E-state index in [9.17, 15) is 20.4 Å². The third kappa shape index (κ3) is 1.38. The maximum absolute atomic E-state index is 10.2. The molecule has 1 aliphatic carbocycles. The van der Waals surface area contributed by atoms with Crippen molar-refractivity contribution in [1.29, 1.82) is 0 Å². The SMILES string of the molecule is Oc1cc(O)c2c(O)c3c(cc2c1O)CCCC3. The number of aryl methyl sites for hydroxylation is 1. The van der Waals surface area contributed by atoms with Crippen LogP contribution in [0.4, 0.5) is 0 Å². The Morgan fingerprint density at radius 1 is 0.778 bits per heavy atom. The molecule has 0 fully saturated rings. The Labute approximate surface area is 104 Å². The van der Waals surface area contributed by atoms with Crippen LogP contribution in [0.5, 0.6) is 23.0 Å². The van der Waals surface area contributed by atoms with Crippen molar-refractivity contribution in [3.63, 3.8) is 0 Å². The number of rotatable bonds is 0. The molecule has 4 heteroatoms. The van der Waals surface area contributed by atoms with Crippen molar-refractivity contribution in [2.45, 2.75) is 25.7 Å². The summed E-state index contributed by atoms with van der Waals surface area (Å²) in [5.41, 5.74) is 1.82. The number of fused-ring (bicyclic) bond motifs is 2. The van der Waals surface area contributed by atoms with Gasteiger partial charge in [-0.3, -0.25) is 0 Å². The van der Waals surface area contributed by atoms with Gasteiger partial charge in [-0.15, -0.1) is 0 Å². The maximum Gasteiger partial charge on any atom is 0.165 e. The smallest absolute Gasteiger partial charge is 0.165 e. The van der Waals surface area contributed by atoms with Gasteiger partial charge in [-0.05, 0) is 42.9 Å². The topological polar surface area (TPSA) is 80.9 Å². The molecule has 94 valence electrons. The molecule has 0 aliphatic heterocycles. The second-order valence-electron chi connectivity index (χ2n) is 4.76. The van der Waals surface area contributed by atoms with Crippen LogP contribution < -0.4 is 0 Å². The summed E-state index contributed by atoms with van der Waals surface area (Å²) >= 11 is 0. The second-order valence-corrected chi connectivity index (χ2v) is 4.76. The standard InChI is InChI=1S/C14H14O4/c15-10-6-11(16)13(17)9-5-7-3-1-2-4-8(7)14(18)12(9)10/h5-6,15-18H,1-4H2. The minimum atomic E-state index is -0.379. The molecule has 1 aliphatic rings. The lowest BCUT2D eigenvalue weighted by Crippen LogP contribution is -2.03. The van der Waals surface area contributed by atoms with Crippen LogP contribution in [0.3, 0.4) is 0 Å². The highest BCUT2D eigenvalue weighted by atomic mass is 16.3. The molecule has 0 amide bonds. The highest BCUT2D eigenvalue weighted by Gasteiger charge is 2.21. The summed E-state index contributed by atoms with van der Waals surface area (Å²) in [5, 5.41) is 39.9. The molecule has 0 saturated heterocycles. The molecule has 3 rings (SSSR count). The lowest BCUT2D eigenvalue weighted by atomic mass is 9.88. The molecule has 2 aromatic carbocycles. The van der Waals surface area contributed by atoms with Gasteiger partial charge in [0, 0.05) is 11.5 Å². The maximum atomic E-state index is 10.2. The van der Waals surface area contributed by atoms with Crippen LogP contribution in [0.25, 0.3) is 10.8 Å². The lowest BCUT2D eigenvalue weighted by molar-refractivity contribution is 0.401. The zero-order chi connectivity index (χ0) is 12.9. The molecule has 18 heavy (non-hydrogen) atoms. The molecule has 4 nitrogen and oxygen atoms in total. The molecule has 0 heterocycles. The highest BCUT2D eigenvalue weighted by Crippen LogP contribution is 2.46. The second kappa shape index (κ2) is 3.70. The van der Waals surface area contributed by atoms with Gasteiger partial charge < -0.3 is 20.4 Å². The van der Waals surface area contributed by atoms with Gasteiger partial charge in [0.2, 0.25) is 0 Å². The van der Waals surface area contributed by atoms with Gasteiger partial charge in [0.1, 0.15) is 11.5 Å². The van der Waals surface area contributed by atoms with Gasteiger partial charge in [0.25, 0.3) is 0 Å². The Kier molecular flexibility index (Phi) is 2.26. The molecule has 0 spiro atoms. The average Bonchev–Trinajstić information content (AvgIpc) is 2.36. The van der Waals surface area contributed by atoms with Crippen molar-refractivity contribution < 1.29 is 20.4 Å². The molecular formula is C14H14O4. The summed E-state index contributed by atoms with van der Waals surface area (Å²) in [4.78, 5) is 0. The fourth-order valence-electron chi connectivity index (χ4n) is 2.74. The van der Waals surface area contributed by atoms with Gasteiger partial charge in [0.15, 0.2) is 11.5 Å². The van der Waals surface area contributed by atoms with Crippen LogP contribution in [0.15, 0.2) is 12.1 Å². The van der Waals surface area contributed by atoms with E-state index in [1.165, 1.54) is 0 Å². The van der Waals surface area contributed by atoms with Crippen molar-refractivity contribution in [2.75, 3.05) is 0 Å². The first-order valence-corrected chi connectivity index (χ1v) is 6.01. The van der Waals surface area contributed by atoms with Crippen molar-refractivity contribution in [2.24, 2.45) is 0 Å². The van der Waals surface area contributed by atoms with Crippen LogP contribution in [0, 0.1) is 0 Å². The average molecular weight is 246 g/mol. The Hall–Kier alpha value is -2.10. The monoisotopic (exact) mass is 246 g/mol. The van der Waals surface area contributed by atoms with Crippen molar-refractivity contribution in [3.8, 4) is 23.0 Å². The Balaban J connectivity index is 2.45.